The molecule has 1 heteroatoms. The summed E-state index contributed by atoms with van der Waals surface area (Å²) >= 11 is 0. The van der Waals surface area contributed by atoms with Gasteiger partial charge in [0.2, 0.25) is 0 Å². The summed E-state index contributed by atoms with van der Waals surface area (Å²) in [4.78, 5) is 0. The third-order valence-electron chi connectivity index (χ3n) is 5.82. The zero-order chi connectivity index (χ0) is 16.0. The minimum atomic E-state index is 0.478. The molecule has 3 atom stereocenters. The zero-order valence-electron chi connectivity index (χ0n) is 15.6. The second kappa shape index (κ2) is 13.4. The van der Waals surface area contributed by atoms with Crippen LogP contribution in [0.1, 0.15) is 117 Å². The van der Waals surface area contributed by atoms with Gasteiger partial charge in [-0.2, -0.15) is 0 Å². The quantitative estimate of drug-likeness (QED) is 0.571. The van der Waals surface area contributed by atoms with E-state index in [1.807, 2.05) is 0 Å². The van der Waals surface area contributed by atoms with Crippen LogP contribution < -0.4 is 5.73 Å². The maximum atomic E-state index is 6.26. The Kier molecular flexibility index (Phi) is 12.2. The lowest BCUT2D eigenvalue weighted by Gasteiger charge is -2.28. The first-order valence-electron chi connectivity index (χ1n) is 10.5. The molecule has 0 heterocycles. The monoisotopic (exact) mass is 309 g/mol. The number of hydrogen-bond acceptors (Lipinski definition) is 1. The zero-order valence-corrected chi connectivity index (χ0v) is 15.6. The molecule has 0 aliphatic heterocycles. The minimum Gasteiger partial charge on any atom is -0.328 e. The van der Waals surface area contributed by atoms with Crippen LogP contribution >= 0.6 is 0 Å². The summed E-state index contributed by atoms with van der Waals surface area (Å²) in [5, 5.41) is 0. The van der Waals surface area contributed by atoms with Gasteiger partial charge in [0.15, 0.2) is 0 Å². The van der Waals surface area contributed by atoms with E-state index in [0.717, 1.165) is 11.8 Å². The molecule has 1 rings (SSSR count). The molecular formula is C21H43N. The van der Waals surface area contributed by atoms with E-state index >= 15 is 0 Å². The lowest BCUT2D eigenvalue weighted by atomic mass is 9.78. The Balaban J connectivity index is 2.56. The maximum absolute atomic E-state index is 6.26. The standard InChI is InChI=1S/C21H43N/c1-3-5-13-19-15-9-7-8-10-17-21(22)18-12-11-16-20(19)14-6-4-2/h19-21H,3-18,22H2,1-2H3. The van der Waals surface area contributed by atoms with Crippen molar-refractivity contribution >= 4 is 0 Å². The van der Waals surface area contributed by atoms with Crippen molar-refractivity contribution in [2.75, 3.05) is 0 Å². The molecule has 22 heavy (non-hydrogen) atoms. The Hall–Kier alpha value is -0.0400. The van der Waals surface area contributed by atoms with E-state index in [-0.39, 0.29) is 0 Å². The predicted molar refractivity (Wildman–Crippen MR) is 100 cm³/mol. The Bertz CT molecular complexity index is 238. The van der Waals surface area contributed by atoms with Gasteiger partial charge in [-0.25, -0.2) is 0 Å². The third-order valence-corrected chi connectivity index (χ3v) is 5.82. The summed E-state index contributed by atoms with van der Waals surface area (Å²) in [6, 6.07) is 0.478. The van der Waals surface area contributed by atoms with Gasteiger partial charge >= 0.3 is 0 Å². The molecule has 0 aromatic rings. The summed E-state index contributed by atoms with van der Waals surface area (Å²) in [7, 11) is 0. The van der Waals surface area contributed by atoms with E-state index in [1.54, 1.807) is 0 Å². The number of rotatable bonds is 6. The van der Waals surface area contributed by atoms with Crippen LogP contribution in [-0.4, -0.2) is 6.04 Å². The molecule has 0 bridgehead atoms. The molecule has 0 saturated heterocycles. The van der Waals surface area contributed by atoms with Crippen molar-refractivity contribution < 1.29 is 0 Å². The molecule has 1 saturated carbocycles. The van der Waals surface area contributed by atoms with E-state index in [0.29, 0.717) is 6.04 Å². The van der Waals surface area contributed by atoms with E-state index in [4.69, 9.17) is 5.73 Å². The first-order chi connectivity index (χ1) is 10.8. The lowest BCUT2D eigenvalue weighted by molar-refractivity contribution is 0.240. The average Bonchev–Trinajstić information content (AvgIpc) is 2.54. The van der Waals surface area contributed by atoms with Crippen molar-refractivity contribution in [2.45, 2.75) is 123 Å². The van der Waals surface area contributed by atoms with Gasteiger partial charge in [0, 0.05) is 6.04 Å². The summed E-state index contributed by atoms with van der Waals surface area (Å²) < 4.78 is 0. The Labute approximate surface area is 140 Å². The predicted octanol–water partition coefficient (Wildman–Crippen LogP) is 6.84. The van der Waals surface area contributed by atoms with Crippen LogP contribution in [0.25, 0.3) is 0 Å². The highest BCUT2D eigenvalue weighted by Gasteiger charge is 2.20. The Morgan fingerprint density at radius 1 is 0.636 bits per heavy atom. The molecule has 0 aromatic heterocycles. The van der Waals surface area contributed by atoms with Crippen LogP contribution in [0.3, 0.4) is 0 Å². The molecule has 0 amide bonds. The molecule has 3 unspecified atom stereocenters. The number of hydrogen-bond donors (Lipinski definition) is 1. The van der Waals surface area contributed by atoms with Crippen molar-refractivity contribution in [2.24, 2.45) is 17.6 Å². The second-order valence-electron chi connectivity index (χ2n) is 7.84. The summed E-state index contributed by atoms with van der Waals surface area (Å²) in [5.41, 5.74) is 6.26. The van der Waals surface area contributed by atoms with E-state index < -0.39 is 0 Å². The fourth-order valence-corrected chi connectivity index (χ4v) is 4.29. The molecule has 1 nitrogen and oxygen atoms in total. The first-order valence-corrected chi connectivity index (χ1v) is 10.5. The summed E-state index contributed by atoms with van der Waals surface area (Å²) in [5.74, 6) is 2.02. The van der Waals surface area contributed by atoms with Gasteiger partial charge in [-0.3, -0.25) is 0 Å². The summed E-state index contributed by atoms with van der Waals surface area (Å²) in [6.45, 7) is 4.70. The van der Waals surface area contributed by atoms with Crippen LogP contribution in [0.15, 0.2) is 0 Å². The number of unbranched alkanes of at least 4 members (excludes halogenated alkanes) is 2. The van der Waals surface area contributed by atoms with Crippen molar-refractivity contribution in [1.82, 2.24) is 0 Å². The van der Waals surface area contributed by atoms with Gasteiger partial charge in [0.25, 0.3) is 0 Å². The van der Waals surface area contributed by atoms with Crippen LogP contribution in [-0.2, 0) is 0 Å². The first kappa shape index (κ1) is 20.0. The Morgan fingerprint density at radius 2 is 1.05 bits per heavy atom. The van der Waals surface area contributed by atoms with Crippen molar-refractivity contribution in [3.05, 3.63) is 0 Å². The maximum Gasteiger partial charge on any atom is 0.00388 e. The van der Waals surface area contributed by atoms with Gasteiger partial charge < -0.3 is 5.73 Å². The van der Waals surface area contributed by atoms with E-state index in [1.165, 1.54) is 103 Å². The van der Waals surface area contributed by atoms with E-state index in [9.17, 15) is 0 Å². The molecule has 132 valence electrons. The topological polar surface area (TPSA) is 26.0 Å². The van der Waals surface area contributed by atoms with Crippen LogP contribution in [0.5, 0.6) is 0 Å². The molecule has 0 spiro atoms. The highest BCUT2D eigenvalue weighted by atomic mass is 14.6. The number of nitrogens with two attached hydrogens (primary N) is 1. The SMILES string of the molecule is CCCCC1CCCCCCC(N)CCCCC1CCCC. The van der Waals surface area contributed by atoms with Crippen molar-refractivity contribution in [3.8, 4) is 0 Å². The minimum absolute atomic E-state index is 0.478. The van der Waals surface area contributed by atoms with Gasteiger partial charge in [-0.15, -0.1) is 0 Å². The van der Waals surface area contributed by atoms with Crippen molar-refractivity contribution in [3.63, 3.8) is 0 Å². The van der Waals surface area contributed by atoms with Gasteiger partial charge in [0.1, 0.15) is 0 Å². The van der Waals surface area contributed by atoms with E-state index in [2.05, 4.69) is 13.8 Å². The highest BCUT2D eigenvalue weighted by molar-refractivity contribution is 4.73. The van der Waals surface area contributed by atoms with Gasteiger partial charge in [0.05, 0.1) is 0 Å². The molecule has 1 aliphatic carbocycles. The third kappa shape index (κ3) is 9.18. The van der Waals surface area contributed by atoms with Gasteiger partial charge in [-0.05, 0) is 24.7 Å². The molecule has 0 radical (unpaired) electrons. The molecule has 0 aromatic carbocycles. The molecule has 1 fully saturated rings. The highest BCUT2D eigenvalue weighted by Crippen LogP contribution is 2.33. The van der Waals surface area contributed by atoms with Crippen molar-refractivity contribution in [1.29, 1.82) is 0 Å². The van der Waals surface area contributed by atoms with Crippen LogP contribution in [0, 0.1) is 11.8 Å². The molecule has 2 N–H and O–H groups in total. The second-order valence-corrected chi connectivity index (χ2v) is 7.84. The fraction of sp³-hybridized carbons (Fsp3) is 1.00. The smallest absolute Gasteiger partial charge is 0.00388 e. The van der Waals surface area contributed by atoms with Gasteiger partial charge in [-0.1, -0.05) is 104 Å². The lowest BCUT2D eigenvalue weighted by Crippen LogP contribution is -2.19. The van der Waals surface area contributed by atoms with Crippen LogP contribution in [0.4, 0.5) is 0 Å². The molecular weight excluding hydrogens is 266 g/mol. The average molecular weight is 310 g/mol. The Morgan fingerprint density at radius 3 is 1.55 bits per heavy atom. The largest absolute Gasteiger partial charge is 0.328 e. The fourth-order valence-electron chi connectivity index (χ4n) is 4.29. The molecule has 1 aliphatic rings. The summed E-state index contributed by atoms with van der Waals surface area (Å²) in [6.07, 6.45) is 22.5. The van der Waals surface area contributed by atoms with Crippen LogP contribution in [0.2, 0.25) is 0 Å². The normalized spacial score (nSPS) is 29.3.